The molecule has 1 N–H and O–H groups in total. The number of nitriles is 2. The number of rotatable bonds is 4. The zero-order valence-electron chi connectivity index (χ0n) is 17.8. The molecule has 0 heterocycles. The molecule has 13 heteroatoms. The molecular weight excluding hydrogens is 490 g/mol. The van der Waals surface area contributed by atoms with Crippen LogP contribution in [0.3, 0.4) is 0 Å². The predicted octanol–water partition coefficient (Wildman–Crippen LogP) is 7.20. The lowest BCUT2D eigenvalue weighted by atomic mass is 10.1. The summed E-state index contributed by atoms with van der Waals surface area (Å²) in [6, 6.07) is 13.6. The molecule has 0 atom stereocenters. The number of nitrogens with one attached hydrogen (secondary N) is 1. The average Bonchev–Trinajstić information content (AvgIpc) is 2.83. The van der Waals surface area contributed by atoms with Gasteiger partial charge in [-0.1, -0.05) is 23.4 Å². The second-order valence-corrected chi connectivity index (χ2v) is 6.98. The summed E-state index contributed by atoms with van der Waals surface area (Å²) in [5, 5.41) is 28.3. The zero-order chi connectivity index (χ0) is 26.5. The first-order valence-corrected chi connectivity index (χ1v) is 9.74. The quantitative estimate of drug-likeness (QED) is 0.232. The molecule has 0 spiro atoms. The van der Waals surface area contributed by atoms with Crippen LogP contribution in [0.25, 0.3) is 0 Å². The van der Waals surface area contributed by atoms with Crippen molar-refractivity contribution in [3.8, 4) is 12.1 Å². The molecule has 0 aliphatic rings. The van der Waals surface area contributed by atoms with Crippen LogP contribution in [0.15, 0.2) is 77.1 Å². The van der Waals surface area contributed by atoms with Crippen molar-refractivity contribution in [2.45, 2.75) is 12.4 Å². The maximum atomic E-state index is 13.3. The SMILES string of the molecule is N#Cc1ccc(C(F)(F)F)cc1N=NN(C(=O)Nc1ccccc1)c1cc(C(F)(F)F)ccc1C#N. The third-order valence-corrected chi connectivity index (χ3v) is 4.58. The highest BCUT2D eigenvalue weighted by molar-refractivity contribution is 6.02. The molecule has 0 aromatic heterocycles. The maximum Gasteiger partial charge on any atom is 0.416 e. The fraction of sp³-hybridized carbons (Fsp3) is 0.0870. The number of carbonyl (C=O) groups excluding carboxylic acids is 1. The minimum Gasteiger partial charge on any atom is -0.306 e. The van der Waals surface area contributed by atoms with Crippen molar-refractivity contribution < 1.29 is 31.1 Å². The molecule has 0 unspecified atom stereocenters. The van der Waals surface area contributed by atoms with Gasteiger partial charge < -0.3 is 5.32 Å². The fourth-order valence-corrected chi connectivity index (χ4v) is 2.85. The van der Waals surface area contributed by atoms with Gasteiger partial charge in [0.05, 0.1) is 27.9 Å². The predicted molar refractivity (Wildman–Crippen MR) is 115 cm³/mol. The zero-order valence-corrected chi connectivity index (χ0v) is 17.8. The van der Waals surface area contributed by atoms with E-state index >= 15 is 0 Å². The van der Waals surface area contributed by atoms with E-state index in [1.807, 2.05) is 0 Å². The second kappa shape index (κ2) is 10.1. The van der Waals surface area contributed by atoms with E-state index in [0.29, 0.717) is 29.3 Å². The summed E-state index contributed by atoms with van der Waals surface area (Å²) in [5.41, 5.74) is -4.20. The van der Waals surface area contributed by atoms with Crippen LogP contribution in [0.5, 0.6) is 0 Å². The minimum atomic E-state index is -4.85. The number of alkyl halides is 6. The summed E-state index contributed by atoms with van der Waals surface area (Å²) >= 11 is 0. The number of anilines is 2. The molecule has 3 aromatic rings. The Morgan fingerprint density at radius 1 is 0.806 bits per heavy atom. The highest BCUT2D eigenvalue weighted by Crippen LogP contribution is 2.35. The first-order valence-electron chi connectivity index (χ1n) is 9.74. The van der Waals surface area contributed by atoms with Gasteiger partial charge in [-0.25, -0.2) is 4.79 Å². The molecule has 182 valence electrons. The van der Waals surface area contributed by atoms with E-state index in [-0.39, 0.29) is 11.3 Å². The molecule has 0 saturated carbocycles. The van der Waals surface area contributed by atoms with Crippen LogP contribution >= 0.6 is 0 Å². The van der Waals surface area contributed by atoms with E-state index in [2.05, 4.69) is 15.7 Å². The highest BCUT2D eigenvalue weighted by Gasteiger charge is 2.33. The van der Waals surface area contributed by atoms with Crippen molar-refractivity contribution in [1.82, 2.24) is 0 Å². The maximum absolute atomic E-state index is 13.3. The topological polar surface area (TPSA) is 105 Å². The van der Waals surface area contributed by atoms with Gasteiger partial charge in [0.1, 0.15) is 17.8 Å². The molecule has 36 heavy (non-hydrogen) atoms. The first-order chi connectivity index (χ1) is 16.9. The van der Waals surface area contributed by atoms with E-state index in [4.69, 9.17) is 0 Å². The van der Waals surface area contributed by atoms with Gasteiger partial charge in [-0.2, -0.15) is 41.9 Å². The molecule has 3 aromatic carbocycles. The molecular formula is C23H12F6N6O. The van der Waals surface area contributed by atoms with Crippen LogP contribution in [0.1, 0.15) is 22.3 Å². The van der Waals surface area contributed by atoms with Crippen molar-refractivity contribution in [3.63, 3.8) is 0 Å². The molecule has 7 nitrogen and oxygen atoms in total. The first kappa shape index (κ1) is 25.7. The number of urea groups is 1. The molecule has 3 rings (SSSR count). The third-order valence-electron chi connectivity index (χ3n) is 4.58. The number of benzene rings is 3. The van der Waals surface area contributed by atoms with Gasteiger partial charge in [0, 0.05) is 5.69 Å². The monoisotopic (exact) mass is 502 g/mol. The van der Waals surface area contributed by atoms with Gasteiger partial charge in [-0.3, -0.25) is 0 Å². The van der Waals surface area contributed by atoms with Gasteiger partial charge in [0.15, 0.2) is 0 Å². The lowest BCUT2D eigenvalue weighted by Gasteiger charge is -2.19. The van der Waals surface area contributed by atoms with Crippen molar-refractivity contribution in [1.29, 1.82) is 10.5 Å². The van der Waals surface area contributed by atoms with Crippen molar-refractivity contribution in [3.05, 3.63) is 89.0 Å². The van der Waals surface area contributed by atoms with Gasteiger partial charge in [0.2, 0.25) is 0 Å². The largest absolute Gasteiger partial charge is 0.416 e. The highest BCUT2D eigenvalue weighted by atomic mass is 19.4. The van der Waals surface area contributed by atoms with Crippen molar-refractivity contribution in [2.75, 3.05) is 10.3 Å². The smallest absolute Gasteiger partial charge is 0.306 e. The fourth-order valence-electron chi connectivity index (χ4n) is 2.85. The van der Waals surface area contributed by atoms with Gasteiger partial charge >= 0.3 is 18.4 Å². The van der Waals surface area contributed by atoms with Crippen LogP contribution in [0, 0.1) is 22.7 Å². The lowest BCUT2D eigenvalue weighted by molar-refractivity contribution is -0.138. The Morgan fingerprint density at radius 3 is 1.92 bits per heavy atom. The number of para-hydroxylation sites is 1. The minimum absolute atomic E-state index is 0.199. The number of nitrogens with zero attached hydrogens (tertiary/aromatic N) is 5. The van der Waals surface area contributed by atoms with Crippen LogP contribution in [-0.4, -0.2) is 6.03 Å². The van der Waals surface area contributed by atoms with E-state index < -0.39 is 46.4 Å². The number of carbonyl (C=O) groups is 1. The Morgan fingerprint density at radius 2 is 1.36 bits per heavy atom. The van der Waals surface area contributed by atoms with Crippen molar-refractivity contribution in [2.24, 2.45) is 10.3 Å². The number of hydrogen-bond acceptors (Lipinski definition) is 5. The molecule has 0 aliphatic heterocycles. The molecule has 0 fully saturated rings. The Balaban J connectivity index is 2.15. The summed E-state index contributed by atoms with van der Waals surface area (Å²) < 4.78 is 79.3. The molecule has 0 saturated heterocycles. The molecule has 0 bridgehead atoms. The van der Waals surface area contributed by atoms with E-state index in [1.165, 1.54) is 12.1 Å². The van der Waals surface area contributed by atoms with Crippen LogP contribution in [0.4, 0.5) is 48.2 Å². The summed E-state index contributed by atoms with van der Waals surface area (Å²) in [6.45, 7) is 0. The van der Waals surface area contributed by atoms with Gasteiger partial charge in [0.25, 0.3) is 0 Å². The van der Waals surface area contributed by atoms with E-state index in [0.717, 1.165) is 12.1 Å². The standard InChI is InChI=1S/C23H12F6N6O/c24-22(25,26)16-8-6-14(12-30)19(10-16)33-34-35(21(36)32-18-4-2-1-3-5-18)20-11-17(23(27,28)29)9-7-15(20)13-31/h1-11H,(H,32,36). The molecule has 0 radical (unpaired) electrons. The summed E-state index contributed by atoms with van der Waals surface area (Å²) in [6.07, 6.45) is -9.64. The van der Waals surface area contributed by atoms with Gasteiger partial charge in [-0.05, 0) is 48.5 Å². The second-order valence-electron chi connectivity index (χ2n) is 6.98. The number of halogens is 6. The van der Waals surface area contributed by atoms with Gasteiger partial charge in [-0.15, -0.1) is 5.11 Å². The van der Waals surface area contributed by atoms with Crippen LogP contribution in [-0.2, 0) is 12.4 Å². The Kier molecular flexibility index (Phi) is 7.25. The Bertz CT molecular complexity index is 1390. The van der Waals surface area contributed by atoms with Crippen LogP contribution in [0.2, 0.25) is 0 Å². The number of amides is 2. The Labute approximate surface area is 199 Å². The third kappa shape index (κ3) is 5.95. The van der Waals surface area contributed by atoms with E-state index in [1.54, 1.807) is 30.3 Å². The molecule has 2 amide bonds. The Hall–Kier alpha value is -4.91. The van der Waals surface area contributed by atoms with E-state index in [9.17, 15) is 41.7 Å². The lowest BCUT2D eigenvalue weighted by Crippen LogP contribution is -2.31. The summed E-state index contributed by atoms with van der Waals surface area (Å²) in [7, 11) is 0. The molecule has 0 aliphatic carbocycles. The number of hydrogen-bond donors (Lipinski definition) is 1. The van der Waals surface area contributed by atoms with Crippen molar-refractivity contribution >= 4 is 23.1 Å². The summed E-state index contributed by atoms with van der Waals surface area (Å²) in [5.74, 6) is 0. The summed E-state index contributed by atoms with van der Waals surface area (Å²) in [4.78, 5) is 13.0. The van der Waals surface area contributed by atoms with Crippen LogP contribution < -0.4 is 10.3 Å². The normalized spacial score (nSPS) is 11.6. The average molecular weight is 502 g/mol.